The molecule has 1 aliphatic heterocycles. The average Bonchev–Trinajstić information content (AvgIpc) is 2.66. The molecule has 0 radical (unpaired) electrons. The summed E-state index contributed by atoms with van der Waals surface area (Å²) < 4.78 is 0. The lowest BCUT2D eigenvalue weighted by Crippen LogP contribution is -2.34. The van der Waals surface area contributed by atoms with Gasteiger partial charge in [-0.05, 0) is 6.42 Å². The molecule has 1 N–H and O–H groups in total. The van der Waals surface area contributed by atoms with E-state index in [2.05, 4.69) is 12.2 Å². The van der Waals surface area contributed by atoms with E-state index in [1.54, 1.807) is 0 Å². The molecule has 0 aromatic rings. The minimum absolute atomic E-state index is 0.0843. The predicted molar refractivity (Wildman–Crippen MR) is 67.7 cm³/mol. The van der Waals surface area contributed by atoms with Gasteiger partial charge in [0, 0.05) is 32.4 Å². The van der Waals surface area contributed by atoms with Crippen molar-refractivity contribution >= 4 is 17.7 Å². The maximum atomic E-state index is 11.5. The molecule has 0 aromatic heterocycles. The van der Waals surface area contributed by atoms with Crippen molar-refractivity contribution in [3.8, 4) is 0 Å². The molecular weight excluding hydrogens is 232 g/mol. The van der Waals surface area contributed by atoms with Crippen LogP contribution in [-0.2, 0) is 14.4 Å². The van der Waals surface area contributed by atoms with Crippen LogP contribution in [0.2, 0.25) is 0 Å². The molecule has 0 aromatic carbocycles. The molecule has 1 aliphatic rings. The van der Waals surface area contributed by atoms with Gasteiger partial charge in [0.1, 0.15) is 0 Å². The van der Waals surface area contributed by atoms with Crippen LogP contribution in [0.15, 0.2) is 0 Å². The van der Waals surface area contributed by atoms with Gasteiger partial charge in [-0.25, -0.2) is 0 Å². The number of hydrogen-bond acceptors (Lipinski definition) is 3. The molecular formula is C13H22N2O3. The normalized spacial score (nSPS) is 15.3. The van der Waals surface area contributed by atoms with E-state index in [4.69, 9.17) is 0 Å². The number of nitrogens with zero attached hydrogens (tertiary/aromatic N) is 1. The van der Waals surface area contributed by atoms with Gasteiger partial charge in [-0.15, -0.1) is 0 Å². The van der Waals surface area contributed by atoms with Gasteiger partial charge in [0.15, 0.2) is 0 Å². The molecule has 1 saturated heterocycles. The molecule has 5 heteroatoms. The molecule has 1 fully saturated rings. The third-order valence-corrected chi connectivity index (χ3v) is 3.07. The number of imide groups is 1. The second-order valence-electron chi connectivity index (χ2n) is 4.60. The topological polar surface area (TPSA) is 66.5 Å². The summed E-state index contributed by atoms with van der Waals surface area (Å²) in [5, 5.41) is 2.81. The van der Waals surface area contributed by atoms with E-state index < -0.39 is 0 Å². The van der Waals surface area contributed by atoms with Crippen molar-refractivity contribution in [1.82, 2.24) is 10.2 Å². The van der Waals surface area contributed by atoms with Crippen LogP contribution in [0.5, 0.6) is 0 Å². The van der Waals surface area contributed by atoms with Crippen LogP contribution >= 0.6 is 0 Å². The first-order valence-electron chi connectivity index (χ1n) is 6.75. The minimum Gasteiger partial charge on any atom is -0.356 e. The van der Waals surface area contributed by atoms with E-state index in [0.717, 1.165) is 12.8 Å². The van der Waals surface area contributed by atoms with Crippen LogP contribution in [0.1, 0.15) is 51.9 Å². The number of carbonyl (C=O) groups excluding carboxylic acids is 3. The summed E-state index contributed by atoms with van der Waals surface area (Å²) in [5.41, 5.74) is 0. The highest BCUT2D eigenvalue weighted by Crippen LogP contribution is 2.11. The van der Waals surface area contributed by atoms with Gasteiger partial charge in [0.25, 0.3) is 0 Å². The maximum Gasteiger partial charge on any atom is 0.229 e. The zero-order valence-electron chi connectivity index (χ0n) is 11.0. The third kappa shape index (κ3) is 4.85. The van der Waals surface area contributed by atoms with Crippen molar-refractivity contribution in [3.63, 3.8) is 0 Å². The molecule has 3 amide bonds. The van der Waals surface area contributed by atoms with Crippen molar-refractivity contribution in [3.05, 3.63) is 0 Å². The zero-order chi connectivity index (χ0) is 13.4. The van der Waals surface area contributed by atoms with E-state index in [1.807, 2.05) is 0 Å². The summed E-state index contributed by atoms with van der Waals surface area (Å²) >= 11 is 0. The van der Waals surface area contributed by atoms with Crippen LogP contribution < -0.4 is 5.32 Å². The smallest absolute Gasteiger partial charge is 0.229 e. The van der Waals surface area contributed by atoms with Crippen LogP contribution in [0.4, 0.5) is 0 Å². The van der Waals surface area contributed by atoms with Crippen LogP contribution in [0.25, 0.3) is 0 Å². The van der Waals surface area contributed by atoms with Gasteiger partial charge in [-0.1, -0.05) is 26.2 Å². The minimum atomic E-state index is -0.157. The van der Waals surface area contributed by atoms with Crippen LogP contribution in [-0.4, -0.2) is 35.7 Å². The maximum absolute atomic E-state index is 11.5. The van der Waals surface area contributed by atoms with Gasteiger partial charge in [0.2, 0.25) is 17.7 Å². The lowest BCUT2D eigenvalue weighted by Gasteiger charge is -2.13. The molecule has 102 valence electrons. The molecule has 0 saturated carbocycles. The number of rotatable bonds is 8. The van der Waals surface area contributed by atoms with Crippen LogP contribution in [0, 0.1) is 0 Å². The summed E-state index contributed by atoms with van der Waals surface area (Å²) in [6.07, 6.45) is 5.26. The average molecular weight is 254 g/mol. The summed E-state index contributed by atoms with van der Waals surface area (Å²) in [6, 6.07) is 0. The number of nitrogens with one attached hydrogen (secondary N) is 1. The molecule has 1 rings (SSSR count). The summed E-state index contributed by atoms with van der Waals surface area (Å²) in [6.45, 7) is 3.04. The Morgan fingerprint density at radius 3 is 2.44 bits per heavy atom. The number of carbonyl (C=O) groups is 3. The monoisotopic (exact) mass is 254 g/mol. The first-order valence-corrected chi connectivity index (χ1v) is 6.75. The Morgan fingerprint density at radius 2 is 1.83 bits per heavy atom. The van der Waals surface area contributed by atoms with Crippen molar-refractivity contribution < 1.29 is 14.4 Å². The molecule has 18 heavy (non-hydrogen) atoms. The quantitative estimate of drug-likeness (QED) is 0.523. The van der Waals surface area contributed by atoms with E-state index >= 15 is 0 Å². The van der Waals surface area contributed by atoms with Crippen molar-refractivity contribution in [1.29, 1.82) is 0 Å². The molecule has 0 bridgehead atoms. The summed E-state index contributed by atoms with van der Waals surface area (Å²) in [5.74, 6) is -0.398. The van der Waals surface area contributed by atoms with E-state index in [9.17, 15) is 14.4 Å². The Hall–Kier alpha value is -1.39. The van der Waals surface area contributed by atoms with Crippen molar-refractivity contribution in [2.45, 2.75) is 51.9 Å². The lowest BCUT2D eigenvalue weighted by atomic mass is 10.2. The fraction of sp³-hybridized carbons (Fsp3) is 0.769. The summed E-state index contributed by atoms with van der Waals surface area (Å²) in [4.78, 5) is 35.3. The number of unbranched alkanes of at least 4 members (excludes halogenated alkanes) is 3. The van der Waals surface area contributed by atoms with E-state index in [-0.39, 0.29) is 43.5 Å². The number of likely N-dealkylation sites (tertiary alicyclic amines) is 1. The highest BCUT2D eigenvalue weighted by atomic mass is 16.2. The molecule has 5 nitrogen and oxygen atoms in total. The Bertz CT molecular complexity index is 299. The molecule has 1 heterocycles. The highest BCUT2D eigenvalue weighted by Gasteiger charge is 2.28. The van der Waals surface area contributed by atoms with Gasteiger partial charge in [-0.2, -0.15) is 0 Å². The molecule has 0 unspecified atom stereocenters. The molecule has 0 atom stereocenters. The fourth-order valence-corrected chi connectivity index (χ4v) is 1.95. The Kier molecular flexibility index (Phi) is 6.39. The Balaban J connectivity index is 2.09. The standard InChI is InChI=1S/C13H22N2O3/c1-2-3-4-5-9-14-11(16)8-10-15-12(17)6-7-13(15)18/h2-10H2,1H3,(H,14,16). The first kappa shape index (κ1) is 14.7. The third-order valence-electron chi connectivity index (χ3n) is 3.07. The number of amides is 3. The van der Waals surface area contributed by atoms with Gasteiger partial charge in [0.05, 0.1) is 0 Å². The molecule has 0 aliphatic carbocycles. The number of hydrogen-bond donors (Lipinski definition) is 1. The van der Waals surface area contributed by atoms with Gasteiger partial charge >= 0.3 is 0 Å². The zero-order valence-corrected chi connectivity index (χ0v) is 11.0. The highest BCUT2D eigenvalue weighted by molar-refractivity contribution is 6.02. The molecule has 0 spiro atoms. The SMILES string of the molecule is CCCCCCNC(=O)CCN1C(=O)CCC1=O. The Labute approximate surface area is 108 Å². The second-order valence-corrected chi connectivity index (χ2v) is 4.60. The van der Waals surface area contributed by atoms with Gasteiger partial charge in [-0.3, -0.25) is 19.3 Å². The first-order chi connectivity index (χ1) is 8.65. The van der Waals surface area contributed by atoms with E-state index in [1.165, 1.54) is 17.7 Å². The van der Waals surface area contributed by atoms with Crippen LogP contribution in [0.3, 0.4) is 0 Å². The largest absolute Gasteiger partial charge is 0.356 e. The Morgan fingerprint density at radius 1 is 1.17 bits per heavy atom. The lowest BCUT2D eigenvalue weighted by molar-refractivity contribution is -0.138. The van der Waals surface area contributed by atoms with Crippen molar-refractivity contribution in [2.24, 2.45) is 0 Å². The summed E-state index contributed by atoms with van der Waals surface area (Å²) in [7, 11) is 0. The van der Waals surface area contributed by atoms with Crippen molar-refractivity contribution in [2.75, 3.05) is 13.1 Å². The predicted octanol–water partition coefficient (Wildman–Crippen LogP) is 1.22. The van der Waals surface area contributed by atoms with Gasteiger partial charge < -0.3 is 5.32 Å². The fourth-order valence-electron chi connectivity index (χ4n) is 1.95. The van der Waals surface area contributed by atoms with E-state index in [0.29, 0.717) is 6.54 Å². The second kappa shape index (κ2) is 7.84.